The Morgan fingerprint density at radius 2 is 1.74 bits per heavy atom. The molecular formula is C21H22N2O4. The quantitative estimate of drug-likeness (QED) is 0.798. The number of aryl methyl sites for hydroxylation is 1. The molecule has 27 heavy (non-hydrogen) atoms. The Hall–Kier alpha value is -2.99. The Morgan fingerprint density at radius 3 is 2.41 bits per heavy atom. The molecule has 2 aromatic carbocycles. The molecule has 6 heteroatoms. The van der Waals surface area contributed by atoms with Crippen LogP contribution in [-0.4, -0.2) is 37.4 Å². The van der Waals surface area contributed by atoms with Crippen LogP contribution in [0.3, 0.4) is 0 Å². The zero-order chi connectivity index (χ0) is 19.2. The summed E-state index contributed by atoms with van der Waals surface area (Å²) in [6.45, 7) is 3.08. The molecule has 0 saturated carbocycles. The lowest BCUT2D eigenvalue weighted by Gasteiger charge is -2.26. The number of morpholine rings is 1. The molecule has 6 nitrogen and oxygen atoms in total. The number of hydrogen-bond acceptors (Lipinski definition) is 4. The number of ketones is 1. The van der Waals surface area contributed by atoms with Crippen LogP contribution in [0.15, 0.2) is 48.5 Å². The molecule has 0 radical (unpaired) electrons. The van der Waals surface area contributed by atoms with Gasteiger partial charge in [-0.05, 0) is 31.2 Å². The van der Waals surface area contributed by atoms with Gasteiger partial charge in [0.25, 0.3) is 5.91 Å². The number of ether oxygens (including phenoxy) is 1. The number of carbonyl (C=O) groups excluding carboxylic acids is 3. The first-order valence-corrected chi connectivity index (χ1v) is 8.91. The number of amides is 2. The van der Waals surface area contributed by atoms with Gasteiger partial charge in [-0.25, -0.2) is 0 Å². The molecule has 0 aromatic heterocycles. The normalized spacial score (nSPS) is 14.1. The molecule has 2 aromatic rings. The highest BCUT2D eigenvalue weighted by Crippen LogP contribution is 2.20. The van der Waals surface area contributed by atoms with Gasteiger partial charge in [-0.2, -0.15) is 0 Å². The van der Waals surface area contributed by atoms with E-state index in [1.807, 2.05) is 19.1 Å². The van der Waals surface area contributed by atoms with Gasteiger partial charge in [0.05, 0.1) is 6.61 Å². The van der Waals surface area contributed by atoms with E-state index in [0.717, 1.165) is 11.3 Å². The predicted molar refractivity (Wildman–Crippen MR) is 103 cm³/mol. The molecule has 1 N–H and O–H groups in total. The Labute approximate surface area is 158 Å². The molecule has 1 saturated heterocycles. The molecule has 2 amide bonds. The van der Waals surface area contributed by atoms with Crippen LogP contribution in [0.2, 0.25) is 0 Å². The van der Waals surface area contributed by atoms with Crippen LogP contribution >= 0.6 is 0 Å². The second-order valence-corrected chi connectivity index (χ2v) is 6.48. The zero-order valence-electron chi connectivity index (χ0n) is 15.2. The minimum absolute atomic E-state index is 0.0497. The highest BCUT2D eigenvalue weighted by Gasteiger charge is 2.20. The summed E-state index contributed by atoms with van der Waals surface area (Å²) in [7, 11) is 0. The highest BCUT2D eigenvalue weighted by atomic mass is 16.5. The van der Waals surface area contributed by atoms with E-state index in [4.69, 9.17) is 4.74 Å². The first-order chi connectivity index (χ1) is 13.0. The molecule has 0 unspecified atom stereocenters. The van der Waals surface area contributed by atoms with Crippen molar-refractivity contribution in [3.05, 3.63) is 59.7 Å². The number of nitrogens with one attached hydrogen (secondary N) is 1. The summed E-state index contributed by atoms with van der Waals surface area (Å²) in [5, 5.41) is 2.78. The number of anilines is 2. The van der Waals surface area contributed by atoms with Crippen LogP contribution in [0.5, 0.6) is 0 Å². The number of benzene rings is 2. The summed E-state index contributed by atoms with van der Waals surface area (Å²) in [5.41, 5.74) is 3.11. The van der Waals surface area contributed by atoms with Crippen molar-refractivity contribution in [2.45, 2.75) is 19.8 Å². The third-order valence-electron chi connectivity index (χ3n) is 4.40. The lowest BCUT2D eigenvalue weighted by molar-refractivity contribution is -0.125. The van der Waals surface area contributed by atoms with Crippen molar-refractivity contribution in [3.8, 4) is 0 Å². The third kappa shape index (κ3) is 5.01. The van der Waals surface area contributed by atoms with E-state index in [0.29, 0.717) is 24.4 Å². The lowest BCUT2D eigenvalue weighted by atomic mass is 10.0. The summed E-state index contributed by atoms with van der Waals surface area (Å²) in [5.74, 6) is -0.343. The van der Waals surface area contributed by atoms with Crippen molar-refractivity contribution in [2.24, 2.45) is 0 Å². The molecule has 0 bridgehead atoms. The lowest BCUT2D eigenvalue weighted by Crippen LogP contribution is -2.41. The first kappa shape index (κ1) is 18.8. The van der Waals surface area contributed by atoms with Crippen molar-refractivity contribution in [3.63, 3.8) is 0 Å². The number of nitrogens with zero attached hydrogens (tertiary/aromatic N) is 1. The predicted octanol–water partition coefficient (Wildman–Crippen LogP) is 2.96. The van der Waals surface area contributed by atoms with Gasteiger partial charge in [0.2, 0.25) is 5.91 Å². The van der Waals surface area contributed by atoms with E-state index in [9.17, 15) is 14.4 Å². The van der Waals surface area contributed by atoms with Crippen LogP contribution in [0.1, 0.15) is 28.8 Å². The zero-order valence-corrected chi connectivity index (χ0v) is 15.2. The Morgan fingerprint density at radius 1 is 1.04 bits per heavy atom. The summed E-state index contributed by atoms with van der Waals surface area (Å²) in [4.78, 5) is 37.7. The van der Waals surface area contributed by atoms with Crippen molar-refractivity contribution >= 4 is 29.0 Å². The molecule has 1 fully saturated rings. The largest absolute Gasteiger partial charge is 0.370 e. The fourth-order valence-electron chi connectivity index (χ4n) is 2.85. The Balaban J connectivity index is 1.51. The monoisotopic (exact) mass is 366 g/mol. The van der Waals surface area contributed by atoms with Crippen LogP contribution in [0.4, 0.5) is 11.4 Å². The molecule has 0 aliphatic carbocycles. The fourth-order valence-corrected chi connectivity index (χ4v) is 2.85. The molecule has 0 spiro atoms. The number of rotatable bonds is 6. The Bertz CT molecular complexity index is 828. The van der Waals surface area contributed by atoms with Gasteiger partial charge in [-0.15, -0.1) is 0 Å². The van der Waals surface area contributed by atoms with E-state index in [-0.39, 0.29) is 37.0 Å². The van der Waals surface area contributed by atoms with E-state index >= 15 is 0 Å². The van der Waals surface area contributed by atoms with Gasteiger partial charge in [-0.1, -0.05) is 29.8 Å². The van der Waals surface area contributed by atoms with E-state index in [2.05, 4.69) is 5.32 Å². The smallest absolute Gasteiger partial charge is 0.253 e. The minimum Gasteiger partial charge on any atom is -0.370 e. The van der Waals surface area contributed by atoms with Crippen LogP contribution in [0, 0.1) is 6.92 Å². The maximum Gasteiger partial charge on any atom is 0.253 e. The maximum absolute atomic E-state index is 12.1. The standard InChI is InChI=1S/C21H22N2O4/c1-15-2-4-16(5-3-15)19(24)10-11-20(25)22-17-6-8-18(9-7-17)23-12-13-27-14-21(23)26/h2-9H,10-14H2,1H3,(H,22,25). The Kier molecular flexibility index (Phi) is 5.98. The molecule has 1 aliphatic rings. The summed E-state index contributed by atoms with van der Waals surface area (Å²) < 4.78 is 5.12. The fraction of sp³-hybridized carbons (Fsp3) is 0.286. The third-order valence-corrected chi connectivity index (χ3v) is 4.40. The maximum atomic E-state index is 12.1. The van der Waals surface area contributed by atoms with Gasteiger partial charge in [-0.3, -0.25) is 14.4 Å². The molecule has 1 heterocycles. The number of carbonyl (C=O) groups is 3. The molecule has 1 aliphatic heterocycles. The van der Waals surface area contributed by atoms with Gasteiger partial charge >= 0.3 is 0 Å². The van der Waals surface area contributed by atoms with Crippen molar-refractivity contribution in [1.29, 1.82) is 0 Å². The van der Waals surface area contributed by atoms with Crippen molar-refractivity contribution in [1.82, 2.24) is 0 Å². The summed E-state index contributed by atoms with van der Waals surface area (Å²) in [6.07, 6.45) is 0.283. The summed E-state index contributed by atoms with van der Waals surface area (Å²) in [6, 6.07) is 14.4. The van der Waals surface area contributed by atoms with Gasteiger partial charge in [0.1, 0.15) is 6.61 Å². The highest BCUT2D eigenvalue weighted by molar-refractivity contribution is 6.00. The molecule has 3 rings (SSSR count). The van der Waals surface area contributed by atoms with Crippen LogP contribution in [-0.2, 0) is 14.3 Å². The van der Waals surface area contributed by atoms with E-state index in [1.165, 1.54) is 0 Å². The first-order valence-electron chi connectivity index (χ1n) is 8.91. The number of Topliss-reactive ketones (excluding diaryl/α,β-unsaturated/α-hetero) is 1. The summed E-state index contributed by atoms with van der Waals surface area (Å²) >= 11 is 0. The van der Waals surface area contributed by atoms with E-state index < -0.39 is 0 Å². The second-order valence-electron chi connectivity index (χ2n) is 6.48. The van der Waals surface area contributed by atoms with E-state index in [1.54, 1.807) is 41.3 Å². The van der Waals surface area contributed by atoms with Crippen LogP contribution in [0.25, 0.3) is 0 Å². The van der Waals surface area contributed by atoms with Crippen LogP contribution < -0.4 is 10.2 Å². The van der Waals surface area contributed by atoms with Gasteiger partial charge in [0.15, 0.2) is 5.78 Å². The van der Waals surface area contributed by atoms with Crippen molar-refractivity contribution in [2.75, 3.05) is 30.0 Å². The number of hydrogen-bond donors (Lipinski definition) is 1. The molecular weight excluding hydrogens is 344 g/mol. The second kappa shape index (κ2) is 8.60. The molecule has 140 valence electrons. The van der Waals surface area contributed by atoms with Gasteiger partial charge in [0, 0.05) is 36.3 Å². The van der Waals surface area contributed by atoms with Crippen molar-refractivity contribution < 1.29 is 19.1 Å². The molecule has 0 atom stereocenters. The minimum atomic E-state index is -0.217. The van der Waals surface area contributed by atoms with Gasteiger partial charge < -0.3 is 15.0 Å². The SMILES string of the molecule is Cc1ccc(C(=O)CCC(=O)Nc2ccc(N3CCOCC3=O)cc2)cc1. The average molecular weight is 366 g/mol. The topological polar surface area (TPSA) is 75.7 Å². The average Bonchev–Trinajstić information content (AvgIpc) is 2.68.